The van der Waals surface area contributed by atoms with E-state index in [9.17, 15) is 4.79 Å². The van der Waals surface area contributed by atoms with Gasteiger partial charge in [0, 0.05) is 57.8 Å². The van der Waals surface area contributed by atoms with Crippen molar-refractivity contribution < 1.29 is 4.79 Å². The number of halogens is 1. The van der Waals surface area contributed by atoms with Crippen LogP contribution in [0.5, 0.6) is 0 Å². The molecule has 0 spiro atoms. The first kappa shape index (κ1) is 15.5. The lowest BCUT2D eigenvalue weighted by atomic mass is 9.98. The van der Waals surface area contributed by atoms with E-state index < -0.39 is 0 Å². The zero-order valence-corrected chi connectivity index (χ0v) is 14.1. The first-order chi connectivity index (χ1) is 12.2. The summed E-state index contributed by atoms with van der Waals surface area (Å²) in [5.74, 6) is -0.0322. The van der Waals surface area contributed by atoms with Crippen LogP contribution in [0.3, 0.4) is 0 Å². The number of benzene rings is 2. The zero-order valence-electron chi connectivity index (χ0n) is 13.3. The Bertz CT molecular complexity index is 1010. The largest absolute Gasteiger partial charge is 0.366 e. The van der Waals surface area contributed by atoms with E-state index in [-0.39, 0.29) is 5.78 Å². The van der Waals surface area contributed by atoms with Crippen LogP contribution in [0, 0.1) is 0 Å². The minimum atomic E-state index is -0.0322. The van der Waals surface area contributed by atoms with Gasteiger partial charge in [0.05, 0.1) is 0 Å². The van der Waals surface area contributed by atoms with Crippen LogP contribution in [0.1, 0.15) is 15.9 Å². The van der Waals surface area contributed by atoms with Crippen molar-refractivity contribution in [2.24, 2.45) is 0 Å². The van der Waals surface area contributed by atoms with Crippen molar-refractivity contribution in [2.45, 2.75) is 0 Å². The fourth-order valence-corrected chi connectivity index (χ4v) is 3.14. The van der Waals surface area contributed by atoms with Gasteiger partial charge in [-0.3, -0.25) is 4.79 Å². The van der Waals surface area contributed by atoms with Crippen molar-refractivity contribution in [2.75, 3.05) is 0 Å². The highest BCUT2D eigenvalue weighted by Crippen LogP contribution is 2.31. The van der Waals surface area contributed by atoms with Crippen LogP contribution in [0.15, 0.2) is 85.5 Å². The Balaban J connectivity index is 1.69. The highest BCUT2D eigenvalue weighted by Gasteiger charge is 2.17. The molecule has 25 heavy (non-hydrogen) atoms. The lowest BCUT2D eigenvalue weighted by molar-refractivity contribution is 0.103. The van der Waals surface area contributed by atoms with Crippen LogP contribution in [0.2, 0.25) is 5.02 Å². The number of nitrogens with zero attached hydrogens (tertiary/aromatic N) is 1. The number of carbonyl (C=O) groups is 1. The van der Waals surface area contributed by atoms with E-state index in [2.05, 4.69) is 4.98 Å². The molecule has 0 atom stereocenters. The molecular weight excluding hydrogens is 332 g/mol. The normalized spacial score (nSPS) is 10.8. The Morgan fingerprint density at radius 3 is 2.28 bits per heavy atom. The first-order valence-electron chi connectivity index (χ1n) is 7.94. The Hall–Kier alpha value is -3.04. The number of nitrogens with one attached hydrogen (secondary N) is 1. The van der Waals surface area contributed by atoms with E-state index in [0.717, 1.165) is 16.8 Å². The molecule has 0 radical (unpaired) electrons. The van der Waals surface area contributed by atoms with Crippen LogP contribution in [0.25, 0.3) is 16.8 Å². The average Bonchev–Trinajstić information content (AvgIpc) is 3.34. The number of carbonyl (C=O) groups excluding carboxylic acids is 1. The van der Waals surface area contributed by atoms with E-state index in [4.69, 9.17) is 11.6 Å². The predicted octanol–water partition coefficient (Wildman–Crippen LogP) is 5.36. The molecule has 0 aliphatic rings. The third kappa shape index (κ3) is 2.90. The van der Waals surface area contributed by atoms with Crippen molar-refractivity contribution in [1.29, 1.82) is 0 Å². The number of hydrogen-bond donors (Lipinski definition) is 1. The molecule has 2 aromatic carbocycles. The Morgan fingerprint density at radius 2 is 1.56 bits per heavy atom. The van der Waals surface area contributed by atoms with E-state index in [1.54, 1.807) is 6.20 Å². The minimum absolute atomic E-state index is 0.0322. The summed E-state index contributed by atoms with van der Waals surface area (Å²) < 4.78 is 2.00. The monoisotopic (exact) mass is 346 g/mol. The third-order valence-corrected chi connectivity index (χ3v) is 4.52. The summed E-state index contributed by atoms with van der Waals surface area (Å²) in [6, 6.07) is 19.0. The van der Waals surface area contributed by atoms with Gasteiger partial charge in [0.25, 0.3) is 0 Å². The lowest BCUT2D eigenvalue weighted by Crippen LogP contribution is -2.02. The molecule has 4 rings (SSSR count). The van der Waals surface area contributed by atoms with Crippen LogP contribution >= 0.6 is 11.6 Å². The summed E-state index contributed by atoms with van der Waals surface area (Å²) in [5.41, 5.74) is 3.93. The molecule has 0 fully saturated rings. The zero-order chi connectivity index (χ0) is 17.2. The van der Waals surface area contributed by atoms with Crippen molar-refractivity contribution >= 4 is 17.4 Å². The van der Waals surface area contributed by atoms with Gasteiger partial charge in [-0.2, -0.15) is 0 Å². The topological polar surface area (TPSA) is 37.8 Å². The van der Waals surface area contributed by atoms with Gasteiger partial charge in [0.15, 0.2) is 5.78 Å². The highest BCUT2D eigenvalue weighted by molar-refractivity contribution is 6.33. The number of rotatable bonds is 4. The van der Waals surface area contributed by atoms with Gasteiger partial charge in [-0.15, -0.1) is 0 Å². The molecule has 0 amide bonds. The number of ketones is 1. The van der Waals surface area contributed by atoms with Gasteiger partial charge >= 0.3 is 0 Å². The van der Waals surface area contributed by atoms with Crippen LogP contribution in [-0.2, 0) is 0 Å². The molecule has 3 nitrogen and oxygen atoms in total. The fraction of sp³-hybridized carbons (Fsp3) is 0. The summed E-state index contributed by atoms with van der Waals surface area (Å²) in [7, 11) is 0. The lowest BCUT2D eigenvalue weighted by Gasteiger charge is -2.07. The highest BCUT2D eigenvalue weighted by atomic mass is 35.5. The maximum Gasteiger partial charge on any atom is 0.195 e. The van der Waals surface area contributed by atoms with Gasteiger partial charge < -0.3 is 9.55 Å². The van der Waals surface area contributed by atoms with E-state index in [1.165, 1.54) is 0 Å². The number of aromatic amines is 1. The van der Waals surface area contributed by atoms with Gasteiger partial charge in [-0.1, -0.05) is 29.8 Å². The quantitative estimate of drug-likeness (QED) is 0.496. The van der Waals surface area contributed by atoms with E-state index >= 15 is 0 Å². The molecule has 0 aliphatic carbocycles. The summed E-state index contributed by atoms with van der Waals surface area (Å²) in [6.45, 7) is 0. The number of hydrogen-bond acceptors (Lipinski definition) is 1. The second-order valence-electron chi connectivity index (χ2n) is 5.73. The minimum Gasteiger partial charge on any atom is -0.366 e. The first-order valence-corrected chi connectivity index (χ1v) is 8.31. The Kier molecular flexibility index (Phi) is 4.00. The molecule has 2 aromatic heterocycles. The van der Waals surface area contributed by atoms with Gasteiger partial charge in [0.1, 0.15) is 0 Å². The third-order valence-electron chi connectivity index (χ3n) is 4.19. The smallest absolute Gasteiger partial charge is 0.195 e. The average molecular weight is 347 g/mol. The maximum atomic E-state index is 12.9. The molecule has 0 bridgehead atoms. The Labute approximate surface area is 150 Å². The molecule has 0 unspecified atom stereocenters. The molecule has 4 aromatic rings. The second kappa shape index (κ2) is 6.46. The van der Waals surface area contributed by atoms with Crippen molar-refractivity contribution in [1.82, 2.24) is 9.55 Å². The fourth-order valence-electron chi connectivity index (χ4n) is 2.90. The molecule has 4 heteroatoms. The number of aromatic nitrogens is 2. The summed E-state index contributed by atoms with van der Waals surface area (Å²) in [6.07, 6.45) is 7.47. The number of H-pyrrole nitrogens is 1. The standard InChI is InChI=1S/C21H15ClN2O/c22-20-6-2-1-5-17(20)18-13-23-14-19(18)21(25)15-7-9-16(10-8-15)24-11-3-4-12-24/h1-14,23H. The molecule has 0 saturated heterocycles. The predicted molar refractivity (Wildman–Crippen MR) is 100 cm³/mol. The molecular formula is C21H15ClN2O. The van der Waals surface area contributed by atoms with Gasteiger partial charge in [-0.05, 0) is 42.5 Å². The summed E-state index contributed by atoms with van der Waals surface area (Å²) >= 11 is 6.29. The SMILES string of the molecule is O=C(c1ccc(-n2cccc2)cc1)c1c[nH]cc1-c1ccccc1Cl. The Morgan fingerprint density at radius 1 is 0.840 bits per heavy atom. The molecule has 1 N–H and O–H groups in total. The van der Waals surface area contributed by atoms with Crippen molar-refractivity contribution in [3.05, 3.63) is 102 Å². The summed E-state index contributed by atoms with van der Waals surface area (Å²) in [5, 5.41) is 0.624. The van der Waals surface area contributed by atoms with Crippen LogP contribution in [0.4, 0.5) is 0 Å². The molecule has 0 aliphatic heterocycles. The molecule has 2 heterocycles. The van der Waals surface area contributed by atoms with E-state index in [0.29, 0.717) is 16.1 Å². The molecule has 0 saturated carbocycles. The van der Waals surface area contributed by atoms with Crippen molar-refractivity contribution in [3.8, 4) is 16.8 Å². The van der Waals surface area contributed by atoms with Crippen LogP contribution < -0.4 is 0 Å². The summed E-state index contributed by atoms with van der Waals surface area (Å²) in [4.78, 5) is 16.0. The van der Waals surface area contributed by atoms with Gasteiger partial charge in [-0.25, -0.2) is 0 Å². The van der Waals surface area contributed by atoms with E-state index in [1.807, 2.05) is 83.8 Å². The van der Waals surface area contributed by atoms with Gasteiger partial charge in [0.2, 0.25) is 0 Å². The maximum absolute atomic E-state index is 12.9. The second-order valence-corrected chi connectivity index (χ2v) is 6.14. The molecule has 122 valence electrons. The van der Waals surface area contributed by atoms with Crippen molar-refractivity contribution in [3.63, 3.8) is 0 Å². The van der Waals surface area contributed by atoms with Crippen LogP contribution in [-0.4, -0.2) is 15.3 Å².